The van der Waals surface area contributed by atoms with Crippen LogP contribution in [0.1, 0.15) is 24.8 Å². The Morgan fingerprint density at radius 2 is 1.71 bits per heavy atom. The van der Waals surface area contributed by atoms with Gasteiger partial charge < -0.3 is 19.5 Å². The van der Waals surface area contributed by atoms with E-state index in [1.54, 1.807) is 0 Å². The lowest BCUT2D eigenvalue weighted by Gasteiger charge is -2.38. The summed E-state index contributed by atoms with van der Waals surface area (Å²) in [6.07, 6.45) is 2.89. The Balaban J connectivity index is 1.19. The van der Waals surface area contributed by atoms with Gasteiger partial charge in [-0.25, -0.2) is 0 Å². The number of benzene rings is 1. The molecule has 4 atom stereocenters. The molecule has 28 heavy (non-hydrogen) atoms. The molecule has 2 aliphatic carbocycles. The van der Waals surface area contributed by atoms with Crippen LogP contribution in [0.5, 0.6) is 11.5 Å². The molecule has 4 aliphatic rings. The van der Waals surface area contributed by atoms with E-state index in [-0.39, 0.29) is 30.5 Å². The molecule has 0 radical (unpaired) electrons. The van der Waals surface area contributed by atoms with E-state index in [0.29, 0.717) is 13.1 Å². The fraction of sp³-hybridized carbons (Fsp3) is 0.619. The third-order valence-electron chi connectivity index (χ3n) is 7.01. The van der Waals surface area contributed by atoms with Gasteiger partial charge in [-0.3, -0.25) is 14.5 Å². The molecule has 3 fully saturated rings. The normalized spacial score (nSPS) is 31.4. The first-order valence-electron chi connectivity index (χ1n) is 10.2. The van der Waals surface area contributed by atoms with E-state index in [4.69, 9.17) is 9.47 Å². The smallest absolute Gasteiger partial charge is 0.307 e. The van der Waals surface area contributed by atoms with Gasteiger partial charge in [-0.15, -0.1) is 0 Å². The third kappa shape index (κ3) is 3.02. The highest BCUT2D eigenvalue weighted by Gasteiger charge is 2.54. The number of hydrogen-bond donors (Lipinski definition) is 1. The van der Waals surface area contributed by atoms with Crippen LogP contribution >= 0.6 is 0 Å². The van der Waals surface area contributed by atoms with Gasteiger partial charge in [0.1, 0.15) is 0 Å². The maximum Gasteiger partial charge on any atom is 0.307 e. The van der Waals surface area contributed by atoms with Crippen LogP contribution in [0.2, 0.25) is 0 Å². The van der Waals surface area contributed by atoms with Gasteiger partial charge in [0.05, 0.1) is 11.8 Å². The van der Waals surface area contributed by atoms with Gasteiger partial charge in [0.15, 0.2) is 11.5 Å². The van der Waals surface area contributed by atoms with Gasteiger partial charge in [0, 0.05) is 32.7 Å². The number of amides is 1. The zero-order valence-electron chi connectivity index (χ0n) is 15.9. The van der Waals surface area contributed by atoms with Crippen LogP contribution < -0.4 is 9.47 Å². The Hall–Kier alpha value is -2.28. The Bertz CT molecular complexity index is 789. The molecule has 1 amide bonds. The van der Waals surface area contributed by atoms with E-state index in [9.17, 15) is 14.7 Å². The number of fused-ring (bicyclic) bond motifs is 3. The van der Waals surface area contributed by atoms with Gasteiger partial charge in [-0.05, 0) is 48.8 Å². The highest BCUT2D eigenvalue weighted by molar-refractivity contribution is 5.86. The second-order valence-corrected chi connectivity index (χ2v) is 8.51. The number of hydrogen-bond acceptors (Lipinski definition) is 5. The van der Waals surface area contributed by atoms with Crippen molar-refractivity contribution in [3.05, 3.63) is 23.8 Å². The van der Waals surface area contributed by atoms with Crippen LogP contribution in [-0.2, 0) is 16.1 Å². The average molecular weight is 386 g/mol. The summed E-state index contributed by atoms with van der Waals surface area (Å²) >= 11 is 0. The lowest BCUT2D eigenvalue weighted by atomic mass is 9.78. The molecule has 2 bridgehead atoms. The van der Waals surface area contributed by atoms with Crippen LogP contribution in [0, 0.1) is 23.7 Å². The summed E-state index contributed by atoms with van der Waals surface area (Å²) in [5, 5.41) is 9.63. The number of carboxylic acids is 1. The molecule has 1 aromatic carbocycles. The Kier molecular flexibility index (Phi) is 4.42. The Morgan fingerprint density at radius 1 is 1.00 bits per heavy atom. The molecule has 2 heterocycles. The molecule has 1 saturated heterocycles. The van der Waals surface area contributed by atoms with E-state index in [0.717, 1.165) is 50.4 Å². The first-order chi connectivity index (χ1) is 13.6. The predicted octanol–water partition coefficient (Wildman–Crippen LogP) is 1.81. The molecular formula is C21H26N2O5. The molecule has 0 spiro atoms. The summed E-state index contributed by atoms with van der Waals surface area (Å²) in [4.78, 5) is 29.1. The zero-order valence-corrected chi connectivity index (χ0v) is 15.9. The van der Waals surface area contributed by atoms with Crippen LogP contribution in [0.25, 0.3) is 0 Å². The predicted molar refractivity (Wildman–Crippen MR) is 99.9 cm³/mol. The summed E-state index contributed by atoms with van der Waals surface area (Å²) in [6, 6.07) is 6.02. The fourth-order valence-electron chi connectivity index (χ4n) is 5.64. The Labute approximate surface area is 164 Å². The van der Waals surface area contributed by atoms with E-state index < -0.39 is 11.9 Å². The van der Waals surface area contributed by atoms with Crippen LogP contribution in [-0.4, -0.2) is 59.8 Å². The number of carboxylic acid groups (broad SMARTS) is 1. The third-order valence-corrected chi connectivity index (χ3v) is 7.01. The largest absolute Gasteiger partial charge is 0.481 e. The molecule has 150 valence electrons. The summed E-state index contributed by atoms with van der Waals surface area (Å²) in [5.41, 5.74) is 1.17. The van der Waals surface area contributed by atoms with Crippen molar-refractivity contribution in [1.29, 1.82) is 0 Å². The maximum absolute atomic E-state index is 13.1. The van der Waals surface area contributed by atoms with E-state index in [1.165, 1.54) is 5.56 Å². The lowest BCUT2D eigenvalue weighted by Crippen LogP contribution is -2.52. The molecule has 1 aromatic rings. The van der Waals surface area contributed by atoms with Crippen molar-refractivity contribution in [2.45, 2.75) is 25.8 Å². The molecule has 5 rings (SSSR count). The van der Waals surface area contributed by atoms with Crippen LogP contribution in [0.15, 0.2) is 18.2 Å². The minimum absolute atomic E-state index is 0.0716. The number of nitrogens with zero attached hydrogens (tertiary/aromatic N) is 2. The molecule has 7 nitrogen and oxygen atoms in total. The van der Waals surface area contributed by atoms with Gasteiger partial charge >= 0.3 is 5.97 Å². The number of rotatable bonds is 4. The van der Waals surface area contributed by atoms with Gasteiger partial charge in [0.25, 0.3) is 0 Å². The number of carbonyl (C=O) groups is 2. The lowest BCUT2D eigenvalue weighted by molar-refractivity contribution is -0.153. The van der Waals surface area contributed by atoms with Crippen molar-refractivity contribution in [1.82, 2.24) is 9.80 Å². The summed E-state index contributed by atoms with van der Waals surface area (Å²) in [5.74, 6) is 0.554. The van der Waals surface area contributed by atoms with Crippen LogP contribution in [0.4, 0.5) is 0 Å². The van der Waals surface area contributed by atoms with E-state index in [1.807, 2.05) is 17.0 Å². The van der Waals surface area contributed by atoms with Crippen molar-refractivity contribution in [2.24, 2.45) is 23.7 Å². The van der Waals surface area contributed by atoms with E-state index in [2.05, 4.69) is 11.0 Å². The van der Waals surface area contributed by atoms with Gasteiger partial charge in [-0.1, -0.05) is 6.07 Å². The minimum Gasteiger partial charge on any atom is -0.481 e. The number of ether oxygens (including phenoxy) is 2. The van der Waals surface area contributed by atoms with Gasteiger partial charge in [-0.2, -0.15) is 0 Å². The van der Waals surface area contributed by atoms with Crippen molar-refractivity contribution in [3.63, 3.8) is 0 Å². The monoisotopic (exact) mass is 386 g/mol. The molecule has 0 unspecified atom stereocenters. The molecule has 2 aliphatic heterocycles. The zero-order chi connectivity index (χ0) is 19.3. The molecule has 2 saturated carbocycles. The van der Waals surface area contributed by atoms with Crippen molar-refractivity contribution in [3.8, 4) is 11.5 Å². The summed E-state index contributed by atoms with van der Waals surface area (Å²) in [7, 11) is 0. The Morgan fingerprint density at radius 3 is 2.46 bits per heavy atom. The van der Waals surface area contributed by atoms with Crippen molar-refractivity contribution < 1.29 is 24.2 Å². The van der Waals surface area contributed by atoms with Crippen LogP contribution in [0.3, 0.4) is 0 Å². The molecule has 7 heteroatoms. The van der Waals surface area contributed by atoms with E-state index >= 15 is 0 Å². The standard InChI is InChI=1S/C21H26N2O5/c24-20(18-14-2-3-15(10-14)19(18)21(25)26)23-7-5-22(6-8-23)11-13-1-4-16-17(9-13)28-12-27-16/h1,4,9,14-15,18-19H,2-3,5-8,10-12H2,(H,25,26)/t14-,15+,18-,19+/m0/s1. The SMILES string of the molecule is O=C(O)[C@@H]1[C@@H]2CC[C@@H](C2)[C@@H]1C(=O)N1CCN(Cc2ccc3c(c2)OCO3)CC1. The maximum atomic E-state index is 13.1. The number of aliphatic carboxylic acids is 1. The minimum atomic E-state index is -0.785. The number of carbonyl (C=O) groups excluding carboxylic acids is 1. The van der Waals surface area contributed by atoms with Crippen molar-refractivity contribution >= 4 is 11.9 Å². The first-order valence-corrected chi connectivity index (χ1v) is 10.2. The van der Waals surface area contributed by atoms with Gasteiger partial charge in [0.2, 0.25) is 12.7 Å². The second kappa shape index (κ2) is 6.95. The molecule has 1 N–H and O–H groups in total. The number of piperazine rings is 1. The topological polar surface area (TPSA) is 79.3 Å². The average Bonchev–Trinajstić information content (AvgIpc) is 3.43. The quantitative estimate of drug-likeness (QED) is 0.850. The summed E-state index contributed by atoms with van der Waals surface area (Å²) in [6.45, 7) is 4.04. The van der Waals surface area contributed by atoms with Crippen molar-refractivity contribution in [2.75, 3.05) is 33.0 Å². The molecule has 0 aromatic heterocycles. The fourth-order valence-corrected chi connectivity index (χ4v) is 5.64. The summed E-state index contributed by atoms with van der Waals surface area (Å²) < 4.78 is 10.8. The molecular weight excluding hydrogens is 360 g/mol. The second-order valence-electron chi connectivity index (χ2n) is 8.51. The highest BCUT2D eigenvalue weighted by atomic mass is 16.7. The first kappa shape index (κ1) is 17.8. The highest BCUT2D eigenvalue weighted by Crippen LogP contribution is 2.53.